The van der Waals surface area contributed by atoms with Gasteiger partial charge in [-0.15, -0.1) is 0 Å². The Bertz CT molecular complexity index is 1950. The fraction of sp³-hybridized carbons (Fsp3) is 0.442. The quantitative estimate of drug-likeness (QED) is 0.216. The van der Waals surface area contributed by atoms with Gasteiger partial charge in [-0.25, -0.2) is 4.79 Å². The van der Waals surface area contributed by atoms with Crippen LogP contribution in [0.5, 0.6) is 5.75 Å². The Morgan fingerprint density at radius 2 is 1.65 bits per heavy atom. The van der Waals surface area contributed by atoms with Gasteiger partial charge >= 0.3 is 12.3 Å². The van der Waals surface area contributed by atoms with Gasteiger partial charge in [-0.1, -0.05) is 79.2 Å². The summed E-state index contributed by atoms with van der Waals surface area (Å²) in [4.78, 5) is 63.5. The molecule has 4 amide bonds. The lowest BCUT2D eigenvalue weighted by atomic mass is 9.86. The van der Waals surface area contributed by atoms with E-state index in [2.05, 4.69) is 10.2 Å². The molecule has 4 heterocycles. The van der Waals surface area contributed by atoms with E-state index in [0.29, 0.717) is 30.4 Å². The molecule has 3 aromatic carbocycles. The van der Waals surface area contributed by atoms with E-state index in [0.717, 1.165) is 56.5 Å². The summed E-state index contributed by atoms with van der Waals surface area (Å²) < 4.78 is 51.7. The van der Waals surface area contributed by atoms with E-state index in [9.17, 15) is 32.3 Å². The van der Waals surface area contributed by atoms with Crippen LogP contribution in [0.2, 0.25) is 0 Å². The van der Waals surface area contributed by atoms with Gasteiger partial charge in [0.1, 0.15) is 24.6 Å². The fourth-order valence-electron chi connectivity index (χ4n) is 8.56. The third-order valence-corrected chi connectivity index (χ3v) is 11.6. The molecule has 3 aromatic rings. The largest absolute Gasteiger partial charge is 0.496 e. The van der Waals surface area contributed by atoms with Crippen LogP contribution in [0, 0.1) is 5.92 Å². The number of β-lactam (4-membered cyclic amide) rings is 1. The first-order chi connectivity index (χ1) is 27.5. The van der Waals surface area contributed by atoms with Gasteiger partial charge in [0.25, 0.3) is 0 Å². The number of nitrogens with one attached hydrogen (secondary N) is 1. The Labute approximate surface area is 330 Å². The van der Waals surface area contributed by atoms with E-state index in [1.807, 2.05) is 48.5 Å². The van der Waals surface area contributed by atoms with E-state index in [1.165, 1.54) is 35.5 Å². The molecule has 0 bridgehead atoms. The predicted molar refractivity (Wildman–Crippen MR) is 205 cm³/mol. The molecule has 0 saturated carbocycles. The molecule has 0 unspecified atom stereocenters. The zero-order chi connectivity index (χ0) is 40.1. The van der Waals surface area contributed by atoms with Crippen LogP contribution in [0.1, 0.15) is 66.8 Å². The van der Waals surface area contributed by atoms with Crippen LogP contribution >= 0.6 is 0 Å². The summed E-state index contributed by atoms with van der Waals surface area (Å²) in [5.74, 6) is -1.90. The first kappa shape index (κ1) is 39.8. The average molecular weight is 788 g/mol. The lowest BCUT2D eigenvalue weighted by molar-refractivity contribution is -0.174. The molecule has 4 aliphatic heterocycles. The number of cyclic esters (lactones) is 1. The molecule has 302 valence electrons. The van der Waals surface area contributed by atoms with E-state index in [1.54, 1.807) is 23.1 Å². The number of para-hydroxylation sites is 1. The Balaban J connectivity index is 1.19. The smallest absolute Gasteiger partial charge is 0.416 e. The van der Waals surface area contributed by atoms with Gasteiger partial charge in [0, 0.05) is 31.2 Å². The van der Waals surface area contributed by atoms with Gasteiger partial charge in [-0.2, -0.15) is 13.2 Å². The number of carbonyl (C=O) groups is 4. The summed E-state index contributed by atoms with van der Waals surface area (Å²) in [6.07, 6.45) is 1.83. The summed E-state index contributed by atoms with van der Waals surface area (Å²) in [5, 5.41) is 2.71. The van der Waals surface area contributed by atoms with Crippen molar-refractivity contribution in [2.75, 3.05) is 39.9 Å². The van der Waals surface area contributed by atoms with Crippen molar-refractivity contribution < 1.29 is 41.8 Å². The third-order valence-electron chi connectivity index (χ3n) is 11.6. The van der Waals surface area contributed by atoms with Gasteiger partial charge in [-0.05, 0) is 68.1 Å². The molecular weight excluding hydrogens is 739 g/mol. The SMILES string of the molecule is COc1ccccc1C=C[C@@H]1C(=O)N([C@H](CC(=O)N2CCC(N3CCCCC3)CC2)C(=O)NCc2cccc(C(F)(F)F)c2)[C@@H]1N1C(=O)OC[C@@H]1c1ccccc1. The van der Waals surface area contributed by atoms with Crippen molar-refractivity contribution in [2.24, 2.45) is 5.92 Å². The van der Waals surface area contributed by atoms with Gasteiger partial charge in [0.05, 0.1) is 31.1 Å². The molecule has 0 aromatic heterocycles. The fourth-order valence-corrected chi connectivity index (χ4v) is 8.56. The van der Waals surface area contributed by atoms with Crippen LogP contribution in [-0.2, 0) is 31.8 Å². The Morgan fingerprint density at radius 1 is 0.930 bits per heavy atom. The van der Waals surface area contributed by atoms with E-state index in [-0.39, 0.29) is 31.0 Å². The molecule has 0 radical (unpaired) electrons. The second-order valence-electron chi connectivity index (χ2n) is 15.0. The maximum atomic E-state index is 14.4. The second-order valence-corrected chi connectivity index (χ2v) is 15.0. The molecule has 0 spiro atoms. The lowest BCUT2D eigenvalue weighted by Crippen LogP contribution is -2.72. The molecule has 4 fully saturated rings. The van der Waals surface area contributed by atoms with Crippen molar-refractivity contribution in [3.63, 3.8) is 0 Å². The molecule has 7 rings (SSSR count). The number of halogens is 3. The van der Waals surface area contributed by atoms with Crippen molar-refractivity contribution in [1.29, 1.82) is 0 Å². The first-order valence-electron chi connectivity index (χ1n) is 19.6. The normalized spacial score (nSPS) is 22.7. The molecule has 57 heavy (non-hydrogen) atoms. The molecule has 4 atom stereocenters. The Hall–Kier alpha value is -5.37. The number of carbonyl (C=O) groups excluding carboxylic acids is 4. The summed E-state index contributed by atoms with van der Waals surface area (Å²) in [7, 11) is 1.53. The summed E-state index contributed by atoms with van der Waals surface area (Å²) >= 11 is 0. The summed E-state index contributed by atoms with van der Waals surface area (Å²) in [6.45, 7) is 2.80. The van der Waals surface area contributed by atoms with Crippen LogP contribution in [-0.4, -0.2) is 102 Å². The van der Waals surface area contributed by atoms with Gasteiger partial charge in [0.2, 0.25) is 17.7 Å². The van der Waals surface area contributed by atoms with Crippen molar-refractivity contribution >= 4 is 29.9 Å². The number of rotatable bonds is 12. The standard InChI is InChI=1S/C43H48F3N5O6/c1-56-37-16-7-6-14-31(37)17-18-34-40(51-36(28-57-42(51)55)30-12-4-2-5-13-30)50(41(34)54)35(39(53)47-27-29-11-10-15-32(25-29)43(44,45)46)26-38(52)49-23-19-33(20-24-49)48-21-8-3-9-22-48/h2,4-7,10-18,25,33-36,40H,3,8-9,19-24,26-28H2,1H3,(H,47,53)/t34-,35+,36+,40+/m0/s1. The highest BCUT2D eigenvalue weighted by molar-refractivity contribution is 5.97. The Morgan fingerprint density at radius 3 is 2.37 bits per heavy atom. The van der Waals surface area contributed by atoms with Crippen molar-refractivity contribution in [3.8, 4) is 5.75 Å². The minimum absolute atomic E-state index is 0.00161. The van der Waals surface area contributed by atoms with Crippen LogP contribution in [0.25, 0.3) is 6.08 Å². The molecule has 14 heteroatoms. The lowest BCUT2D eigenvalue weighted by Gasteiger charge is -2.53. The molecule has 4 aliphatic rings. The van der Waals surface area contributed by atoms with Crippen molar-refractivity contribution in [2.45, 2.75) is 75.5 Å². The maximum Gasteiger partial charge on any atom is 0.416 e. The molecule has 0 aliphatic carbocycles. The number of alkyl halides is 3. The van der Waals surface area contributed by atoms with Crippen LogP contribution in [0.3, 0.4) is 0 Å². The zero-order valence-electron chi connectivity index (χ0n) is 31.9. The monoisotopic (exact) mass is 787 g/mol. The highest BCUT2D eigenvalue weighted by Gasteiger charge is 2.58. The topological polar surface area (TPSA) is 112 Å². The minimum atomic E-state index is -4.58. The Kier molecular flexibility index (Phi) is 12.2. The first-order valence-corrected chi connectivity index (χ1v) is 19.6. The number of piperidine rings is 2. The van der Waals surface area contributed by atoms with Crippen LogP contribution in [0.4, 0.5) is 18.0 Å². The number of ether oxygens (including phenoxy) is 2. The van der Waals surface area contributed by atoms with E-state index >= 15 is 0 Å². The summed E-state index contributed by atoms with van der Waals surface area (Å²) in [6, 6.07) is 19.4. The number of hydrogen-bond donors (Lipinski definition) is 1. The number of amides is 4. The number of likely N-dealkylation sites (tertiary alicyclic amines) is 3. The van der Waals surface area contributed by atoms with Crippen molar-refractivity contribution in [1.82, 2.24) is 24.9 Å². The molecular formula is C43H48F3N5O6. The van der Waals surface area contributed by atoms with Gasteiger partial charge in [0.15, 0.2) is 0 Å². The highest BCUT2D eigenvalue weighted by atomic mass is 19.4. The molecule has 4 saturated heterocycles. The average Bonchev–Trinajstić information content (AvgIpc) is 3.61. The van der Waals surface area contributed by atoms with E-state index in [4.69, 9.17) is 9.47 Å². The number of hydrogen-bond acceptors (Lipinski definition) is 7. The number of benzene rings is 3. The third kappa shape index (κ3) is 8.80. The highest BCUT2D eigenvalue weighted by Crippen LogP contribution is 2.42. The predicted octanol–water partition coefficient (Wildman–Crippen LogP) is 6.26. The molecule has 1 N–H and O–H groups in total. The number of methoxy groups -OCH3 is 1. The maximum absolute atomic E-state index is 14.4. The van der Waals surface area contributed by atoms with Crippen LogP contribution in [0.15, 0.2) is 84.9 Å². The van der Waals surface area contributed by atoms with Crippen molar-refractivity contribution in [3.05, 3.63) is 107 Å². The zero-order valence-corrected chi connectivity index (χ0v) is 31.9. The van der Waals surface area contributed by atoms with E-state index < -0.39 is 53.8 Å². The minimum Gasteiger partial charge on any atom is -0.496 e. The van der Waals surface area contributed by atoms with Gasteiger partial charge in [-0.3, -0.25) is 19.3 Å². The summed E-state index contributed by atoms with van der Waals surface area (Å²) in [5.41, 5.74) is 0.774. The molecule has 11 nitrogen and oxygen atoms in total. The van der Waals surface area contributed by atoms with Gasteiger partial charge < -0.3 is 29.5 Å². The van der Waals surface area contributed by atoms with Crippen LogP contribution < -0.4 is 10.1 Å². The number of nitrogens with zero attached hydrogens (tertiary/aromatic N) is 4. The second kappa shape index (κ2) is 17.4.